The molecule has 4 nitrogen and oxygen atoms in total. The van der Waals surface area contributed by atoms with Crippen LogP contribution in [0.1, 0.15) is 11.1 Å². The minimum absolute atomic E-state index is 0.117. The van der Waals surface area contributed by atoms with E-state index in [0.29, 0.717) is 5.75 Å². The predicted molar refractivity (Wildman–Crippen MR) is 89.4 cm³/mol. The molecule has 0 aliphatic carbocycles. The molecular weight excluding hydrogens is 403 g/mol. The monoisotopic (exact) mass is 418 g/mol. The van der Waals surface area contributed by atoms with E-state index >= 15 is 0 Å². The molecule has 2 aromatic rings. The summed E-state index contributed by atoms with van der Waals surface area (Å²) in [4.78, 5) is 0.117. The van der Waals surface area contributed by atoms with Gasteiger partial charge in [-0.3, -0.25) is 0 Å². The van der Waals surface area contributed by atoms with E-state index in [4.69, 9.17) is 8.92 Å². The standard InChI is InChI=1S/C15H15IO4S/c1-10-4-6-13(7-5-10)21(17,18)20-14-9-12(16)8-11(2)15(14)19-3/h4-9H,1-3H3. The Bertz CT molecular complexity index is 752. The molecule has 0 amide bonds. The predicted octanol–water partition coefficient (Wildman–Crippen LogP) is 3.68. The van der Waals surface area contributed by atoms with Gasteiger partial charge in [0.1, 0.15) is 4.90 Å². The number of benzene rings is 2. The third-order valence-electron chi connectivity index (χ3n) is 2.92. The van der Waals surface area contributed by atoms with E-state index in [0.717, 1.165) is 14.7 Å². The number of rotatable bonds is 4. The zero-order valence-electron chi connectivity index (χ0n) is 11.9. The summed E-state index contributed by atoms with van der Waals surface area (Å²) in [7, 11) is -2.39. The molecule has 0 aromatic heterocycles. The van der Waals surface area contributed by atoms with Crippen LogP contribution in [0.5, 0.6) is 11.5 Å². The Morgan fingerprint density at radius 1 is 1.05 bits per heavy atom. The van der Waals surface area contributed by atoms with Crippen LogP contribution in [0.15, 0.2) is 41.3 Å². The van der Waals surface area contributed by atoms with Gasteiger partial charge in [0, 0.05) is 3.57 Å². The molecule has 6 heteroatoms. The number of ether oxygens (including phenoxy) is 1. The molecule has 0 heterocycles. The molecule has 0 saturated heterocycles. The summed E-state index contributed by atoms with van der Waals surface area (Å²) < 4.78 is 36.0. The number of hydrogen-bond acceptors (Lipinski definition) is 4. The summed E-state index contributed by atoms with van der Waals surface area (Å²) in [5, 5.41) is 0. The highest BCUT2D eigenvalue weighted by Gasteiger charge is 2.20. The molecule has 0 atom stereocenters. The second-order valence-electron chi connectivity index (χ2n) is 4.60. The maximum absolute atomic E-state index is 12.3. The van der Waals surface area contributed by atoms with Crippen molar-refractivity contribution in [3.63, 3.8) is 0 Å². The third kappa shape index (κ3) is 3.68. The van der Waals surface area contributed by atoms with E-state index in [1.165, 1.54) is 19.2 Å². The van der Waals surface area contributed by atoms with E-state index in [1.807, 2.05) is 19.9 Å². The van der Waals surface area contributed by atoms with Gasteiger partial charge in [0.05, 0.1) is 7.11 Å². The number of methoxy groups -OCH3 is 1. The molecule has 112 valence electrons. The fourth-order valence-electron chi connectivity index (χ4n) is 1.89. The highest BCUT2D eigenvalue weighted by Crippen LogP contribution is 2.34. The largest absolute Gasteiger partial charge is 0.493 e. The van der Waals surface area contributed by atoms with Crippen LogP contribution in [0.3, 0.4) is 0 Å². The fourth-order valence-corrected chi connectivity index (χ4v) is 3.57. The summed E-state index contributed by atoms with van der Waals surface area (Å²) in [6.07, 6.45) is 0. The first-order valence-electron chi connectivity index (χ1n) is 6.19. The molecule has 0 aliphatic heterocycles. The number of halogens is 1. The molecule has 0 aliphatic rings. The quantitative estimate of drug-likeness (QED) is 0.562. The topological polar surface area (TPSA) is 52.6 Å². The summed E-state index contributed by atoms with van der Waals surface area (Å²) >= 11 is 2.10. The normalized spacial score (nSPS) is 11.2. The maximum Gasteiger partial charge on any atom is 0.339 e. The van der Waals surface area contributed by atoms with E-state index in [9.17, 15) is 8.42 Å². The van der Waals surface area contributed by atoms with Crippen LogP contribution in [-0.2, 0) is 10.1 Å². The fraction of sp³-hybridized carbons (Fsp3) is 0.200. The Hall–Kier alpha value is -1.28. The summed E-state index contributed by atoms with van der Waals surface area (Å²) in [5.74, 6) is 0.619. The van der Waals surface area contributed by atoms with Crippen LogP contribution in [0.25, 0.3) is 0 Å². The van der Waals surface area contributed by atoms with Gasteiger partial charge < -0.3 is 8.92 Å². The van der Waals surface area contributed by atoms with Crippen molar-refractivity contribution in [2.24, 2.45) is 0 Å². The van der Waals surface area contributed by atoms with E-state index in [1.54, 1.807) is 18.2 Å². The van der Waals surface area contributed by atoms with E-state index < -0.39 is 10.1 Å². The van der Waals surface area contributed by atoms with Crippen LogP contribution in [0, 0.1) is 17.4 Å². The van der Waals surface area contributed by atoms with Gasteiger partial charge in [-0.1, -0.05) is 17.7 Å². The molecule has 0 radical (unpaired) electrons. The molecule has 0 unspecified atom stereocenters. The second kappa shape index (κ2) is 6.23. The van der Waals surface area contributed by atoms with E-state index in [-0.39, 0.29) is 10.6 Å². The van der Waals surface area contributed by atoms with Gasteiger partial charge in [0.15, 0.2) is 11.5 Å². The van der Waals surface area contributed by atoms with Crippen molar-refractivity contribution in [2.75, 3.05) is 7.11 Å². The Kier molecular flexibility index (Phi) is 4.77. The Morgan fingerprint density at radius 3 is 2.24 bits per heavy atom. The Balaban J connectivity index is 2.43. The van der Waals surface area contributed by atoms with Crippen LogP contribution in [0.2, 0.25) is 0 Å². The lowest BCUT2D eigenvalue weighted by molar-refractivity contribution is 0.387. The van der Waals surface area contributed by atoms with Gasteiger partial charge in [0.2, 0.25) is 0 Å². The Labute approximate surface area is 138 Å². The number of hydrogen-bond donors (Lipinski definition) is 0. The summed E-state index contributed by atoms with van der Waals surface area (Å²) in [6.45, 7) is 3.73. The average molecular weight is 418 g/mol. The molecule has 21 heavy (non-hydrogen) atoms. The first-order valence-corrected chi connectivity index (χ1v) is 8.67. The van der Waals surface area contributed by atoms with Gasteiger partial charge in [-0.25, -0.2) is 0 Å². The van der Waals surface area contributed by atoms with Crippen molar-refractivity contribution >= 4 is 32.7 Å². The third-order valence-corrected chi connectivity index (χ3v) is 4.79. The zero-order valence-corrected chi connectivity index (χ0v) is 14.9. The lowest BCUT2D eigenvalue weighted by Crippen LogP contribution is -2.11. The molecule has 0 fully saturated rings. The summed E-state index contributed by atoms with van der Waals surface area (Å²) in [6, 6.07) is 10.0. The van der Waals surface area contributed by atoms with Crippen molar-refractivity contribution in [1.29, 1.82) is 0 Å². The molecule has 0 saturated carbocycles. The van der Waals surface area contributed by atoms with Crippen LogP contribution < -0.4 is 8.92 Å². The highest BCUT2D eigenvalue weighted by molar-refractivity contribution is 14.1. The SMILES string of the molecule is COc1c(C)cc(I)cc1OS(=O)(=O)c1ccc(C)cc1. The first kappa shape index (κ1) is 16.1. The smallest absolute Gasteiger partial charge is 0.339 e. The van der Waals surface area contributed by atoms with Crippen molar-refractivity contribution < 1.29 is 17.3 Å². The van der Waals surface area contributed by atoms with Gasteiger partial charge in [-0.2, -0.15) is 8.42 Å². The Morgan fingerprint density at radius 2 is 1.67 bits per heavy atom. The van der Waals surface area contributed by atoms with Crippen molar-refractivity contribution in [1.82, 2.24) is 0 Å². The molecule has 0 N–H and O–H groups in total. The maximum atomic E-state index is 12.3. The molecule has 2 rings (SSSR count). The second-order valence-corrected chi connectivity index (χ2v) is 7.40. The van der Waals surface area contributed by atoms with Crippen molar-refractivity contribution in [3.05, 3.63) is 51.1 Å². The minimum Gasteiger partial charge on any atom is -0.493 e. The molecular formula is C15H15IO4S. The van der Waals surface area contributed by atoms with Crippen molar-refractivity contribution in [2.45, 2.75) is 18.7 Å². The average Bonchev–Trinajstić information content (AvgIpc) is 2.38. The van der Waals surface area contributed by atoms with Gasteiger partial charge in [-0.05, 0) is 66.3 Å². The van der Waals surface area contributed by atoms with Gasteiger partial charge in [0.25, 0.3) is 0 Å². The van der Waals surface area contributed by atoms with Crippen molar-refractivity contribution in [3.8, 4) is 11.5 Å². The van der Waals surface area contributed by atoms with Gasteiger partial charge >= 0.3 is 10.1 Å². The van der Waals surface area contributed by atoms with E-state index in [2.05, 4.69) is 22.6 Å². The lowest BCUT2D eigenvalue weighted by atomic mass is 10.2. The highest BCUT2D eigenvalue weighted by atomic mass is 127. The number of aryl methyl sites for hydroxylation is 2. The summed E-state index contributed by atoms with van der Waals surface area (Å²) in [5.41, 5.74) is 1.80. The minimum atomic E-state index is -3.88. The van der Waals surface area contributed by atoms with Crippen LogP contribution in [-0.4, -0.2) is 15.5 Å². The van der Waals surface area contributed by atoms with Gasteiger partial charge in [-0.15, -0.1) is 0 Å². The molecule has 0 spiro atoms. The lowest BCUT2D eigenvalue weighted by Gasteiger charge is -2.13. The van der Waals surface area contributed by atoms with Crippen LogP contribution in [0.4, 0.5) is 0 Å². The van der Waals surface area contributed by atoms with Crippen LogP contribution >= 0.6 is 22.6 Å². The molecule has 0 bridgehead atoms. The zero-order chi connectivity index (χ0) is 15.6. The molecule has 2 aromatic carbocycles. The first-order chi connectivity index (χ1) is 9.83.